The highest BCUT2D eigenvalue weighted by molar-refractivity contribution is 5.14. The summed E-state index contributed by atoms with van der Waals surface area (Å²) in [5.41, 5.74) is 2.01. The zero-order chi connectivity index (χ0) is 17.9. The van der Waals surface area contributed by atoms with E-state index in [2.05, 4.69) is 5.92 Å². The highest BCUT2D eigenvalue weighted by atomic mass is 16.5. The van der Waals surface area contributed by atoms with Crippen molar-refractivity contribution in [2.24, 2.45) is 0 Å². The van der Waals surface area contributed by atoms with Gasteiger partial charge in [-0.2, -0.15) is 0 Å². The molecule has 0 aliphatic heterocycles. The molecule has 0 aliphatic carbocycles. The van der Waals surface area contributed by atoms with Gasteiger partial charge in [-0.05, 0) is 11.1 Å². The van der Waals surface area contributed by atoms with Crippen molar-refractivity contribution < 1.29 is 19.7 Å². The van der Waals surface area contributed by atoms with E-state index in [4.69, 9.17) is 15.9 Å². The fraction of sp³-hybridized carbons (Fsp3) is 0.333. The van der Waals surface area contributed by atoms with E-state index in [1.54, 1.807) is 0 Å². The molecule has 0 aliphatic rings. The van der Waals surface area contributed by atoms with E-state index in [-0.39, 0.29) is 13.0 Å². The number of hydrogen-bond acceptors (Lipinski definition) is 4. The summed E-state index contributed by atoms with van der Waals surface area (Å²) in [6.07, 6.45) is 2.93. The Morgan fingerprint density at radius 1 is 0.880 bits per heavy atom. The van der Waals surface area contributed by atoms with Crippen LogP contribution < -0.4 is 0 Å². The third kappa shape index (κ3) is 7.08. The molecule has 0 unspecified atom stereocenters. The summed E-state index contributed by atoms with van der Waals surface area (Å²) in [5.74, 6) is 2.25. The Labute approximate surface area is 149 Å². The van der Waals surface area contributed by atoms with Gasteiger partial charge in [-0.3, -0.25) is 0 Å². The standard InChI is InChI=1S/C21H24O4/c1-2-19(22)13-21(25-15-18-11-7-4-8-12-18)20(23)16-24-14-17-9-5-3-6-10-17/h1,3-12,19-23H,13-16H2/t19-,20-,21+/m1/s1. The molecule has 0 spiro atoms. The zero-order valence-electron chi connectivity index (χ0n) is 14.1. The molecule has 0 fully saturated rings. The summed E-state index contributed by atoms with van der Waals surface area (Å²) in [6.45, 7) is 0.838. The third-order valence-electron chi connectivity index (χ3n) is 3.78. The molecule has 3 atom stereocenters. The van der Waals surface area contributed by atoms with Crippen molar-refractivity contribution in [2.75, 3.05) is 6.61 Å². The van der Waals surface area contributed by atoms with Crippen LogP contribution in [0.25, 0.3) is 0 Å². The lowest BCUT2D eigenvalue weighted by Gasteiger charge is -2.24. The summed E-state index contributed by atoms with van der Waals surface area (Å²) in [6, 6.07) is 19.4. The molecule has 0 amide bonds. The van der Waals surface area contributed by atoms with Crippen molar-refractivity contribution in [1.29, 1.82) is 0 Å². The molecule has 2 rings (SSSR count). The molecular formula is C21H24O4. The first-order valence-corrected chi connectivity index (χ1v) is 8.28. The smallest absolute Gasteiger partial charge is 0.117 e. The van der Waals surface area contributed by atoms with E-state index < -0.39 is 18.3 Å². The van der Waals surface area contributed by atoms with Gasteiger partial charge in [0.25, 0.3) is 0 Å². The molecule has 132 valence electrons. The topological polar surface area (TPSA) is 58.9 Å². The monoisotopic (exact) mass is 340 g/mol. The molecule has 0 saturated heterocycles. The Balaban J connectivity index is 1.85. The fourth-order valence-electron chi connectivity index (χ4n) is 2.38. The molecule has 2 N–H and O–H groups in total. The second kappa shape index (κ2) is 10.7. The average Bonchev–Trinajstić information content (AvgIpc) is 2.66. The van der Waals surface area contributed by atoms with E-state index in [9.17, 15) is 10.2 Å². The summed E-state index contributed by atoms with van der Waals surface area (Å²) < 4.78 is 11.3. The van der Waals surface area contributed by atoms with Crippen LogP contribution in [-0.2, 0) is 22.7 Å². The second-order valence-corrected chi connectivity index (χ2v) is 5.82. The van der Waals surface area contributed by atoms with Crippen molar-refractivity contribution in [1.82, 2.24) is 0 Å². The fourth-order valence-corrected chi connectivity index (χ4v) is 2.38. The summed E-state index contributed by atoms with van der Waals surface area (Å²) in [7, 11) is 0. The van der Waals surface area contributed by atoms with Gasteiger partial charge in [0.2, 0.25) is 0 Å². The van der Waals surface area contributed by atoms with Crippen LogP contribution in [0.15, 0.2) is 60.7 Å². The van der Waals surface area contributed by atoms with Gasteiger partial charge < -0.3 is 19.7 Å². The van der Waals surface area contributed by atoms with E-state index in [0.29, 0.717) is 13.2 Å². The molecule has 0 bridgehead atoms. The van der Waals surface area contributed by atoms with Crippen LogP contribution in [0, 0.1) is 12.3 Å². The lowest BCUT2D eigenvalue weighted by atomic mass is 10.1. The van der Waals surface area contributed by atoms with Crippen LogP contribution in [0.4, 0.5) is 0 Å². The lowest BCUT2D eigenvalue weighted by Crippen LogP contribution is -2.35. The molecule has 0 aromatic heterocycles. The van der Waals surface area contributed by atoms with Crippen molar-refractivity contribution >= 4 is 0 Å². The van der Waals surface area contributed by atoms with Crippen LogP contribution in [0.5, 0.6) is 0 Å². The first-order chi connectivity index (χ1) is 12.2. The van der Waals surface area contributed by atoms with Crippen LogP contribution in [0.1, 0.15) is 17.5 Å². The molecule has 0 saturated carbocycles. The normalized spacial score (nSPS) is 14.4. The average molecular weight is 340 g/mol. The number of ether oxygens (including phenoxy) is 2. The molecular weight excluding hydrogens is 316 g/mol. The molecule has 2 aromatic rings. The largest absolute Gasteiger partial charge is 0.388 e. The van der Waals surface area contributed by atoms with Gasteiger partial charge in [-0.1, -0.05) is 66.6 Å². The maximum absolute atomic E-state index is 10.4. The van der Waals surface area contributed by atoms with Gasteiger partial charge in [-0.25, -0.2) is 0 Å². The molecule has 4 nitrogen and oxygen atoms in total. The zero-order valence-corrected chi connectivity index (χ0v) is 14.1. The van der Waals surface area contributed by atoms with E-state index >= 15 is 0 Å². The highest BCUT2D eigenvalue weighted by Gasteiger charge is 2.23. The van der Waals surface area contributed by atoms with Gasteiger partial charge in [0.1, 0.15) is 12.2 Å². The lowest BCUT2D eigenvalue weighted by molar-refractivity contribution is -0.0915. The maximum Gasteiger partial charge on any atom is 0.117 e. The Hall–Kier alpha value is -2.16. The highest BCUT2D eigenvalue weighted by Crippen LogP contribution is 2.13. The van der Waals surface area contributed by atoms with E-state index in [1.165, 1.54) is 0 Å². The van der Waals surface area contributed by atoms with Gasteiger partial charge in [0.15, 0.2) is 0 Å². The summed E-state index contributed by atoms with van der Waals surface area (Å²) in [5, 5.41) is 20.1. The Bertz CT molecular complexity index is 636. The quantitative estimate of drug-likeness (QED) is 0.653. The maximum atomic E-state index is 10.4. The van der Waals surface area contributed by atoms with Gasteiger partial charge in [0.05, 0.1) is 25.9 Å². The first-order valence-electron chi connectivity index (χ1n) is 8.28. The number of terminal acetylenes is 1. The van der Waals surface area contributed by atoms with E-state index in [1.807, 2.05) is 60.7 Å². The van der Waals surface area contributed by atoms with Crippen LogP contribution in [0.3, 0.4) is 0 Å². The molecule has 4 heteroatoms. The summed E-state index contributed by atoms with van der Waals surface area (Å²) >= 11 is 0. The minimum atomic E-state index is -0.968. The van der Waals surface area contributed by atoms with Crippen LogP contribution >= 0.6 is 0 Å². The number of hydrogen-bond donors (Lipinski definition) is 2. The molecule has 0 radical (unpaired) electrons. The third-order valence-corrected chi connectivity index (χ3v) is 3.78. The van der Waals surface area contributed by atoms with Gasteiger partial charge >= 0.3 is 0 Å². The van der Waals surface area contributed by atoms with Crippen molar-refractivity contribution in [3.63, 3.8) is 0 Å². The van der Waals surface area contributed by atoms with Crippen molar-refractivity contribution in [3.05, 3.63) is 71.8 Å². The molecule has 25 heavy (non-hydrogen) atoms. The van der Waals surface area contributed by atoms with Crippen molar-refractivity contribution in [2.45, 2.75) is 37.9 Å². The van der Waals surface area contributed by atoms with Crippen molar-refractivity contribution in [3.8, 4) is 12.3 Å². The first kappa shape index (κ1) is 19.2. The Kier molecular flexibility index (Phi) is 8.17. The number of rotatable bonds is 10. The van der Waals surface area contributed by atoms with Crippen LogP contribution in [-0.4, -0.2) is 35.1 Å². The Morgan fingerprint density at radius 3 is 2.00 bits per heavy atom. The van der Waals surface area contributed by atoms with Crippen LogP contribution in [0.2, 0.25) is 0 Å². The van der Waals surface area contributed by atoms with Gasteiger partial charge in [0, 0.05) is 6.42 Å². The number of aliphatic hydroxyl groups is 2. The van der Waals surface area contributed by atoms with E-state index in [0.717, 1.165) is 11.1 Å². The predicted molar refractivity (Wildman–Crippen MR) is 96.6 cm³/mol. The number of aliphatic hydroxyl groups excluding tert-OH is 2. The Morgan fingerprint density at radius 2 is 1.44 bits per heavy atom. The molecule has 0 heterocycles. The minimum Gasteiger partial charge on any atom is -0.388 e. The van der Waals surface area contributed by atoms with Gasteiger partial charge in [-0.15, -0.1) is 6.42 Å². The summed E-state index contributed by atoms with van der Waals surface area (Å²) in [4.78, 5) is 0. The number of benzene rings is 2. The minimum absolute atomic E-state index is 0.103. The molecule has 2 aromatic carbocycles. The SMILES string of the molecule is C#C[C@@H](O)C[C@H](OCc1ccccc1)[C@H](O)COCc1ccccc1. The second-order valence-electron chi connectivity index (χ2n) is 5.82. The predicted octanol–water partition coefficient (Wildman–Crippen LogP) is 2.53.